The van der Waals surface area contributed by atoms with E-state index in [-0.39, 0.29) is 12.7 Å². The third kappa shape index (κ3) is 3.20. The van der Waals surface area contributed by atoms with Gasteiger partial charge in [0.2, 0.25) is 0 Å². The first-order valence-electron chi connectivity index (χ1n) is 6.42. The molecule has 0 radical (unpaired) electrons. The van der Waals surface area contributed by atoms with E-state index in [2.05, 4.69) is 17.0 Å². The number of hydrogen-bond acceptors (Lipinski definition) is 3. The molecule has 1 saturated heterocycles. The molecule has 1 fully saturated rings. The summed E-state index contributed by atoms with van der Waals surface area (Å²) in [7, 11) is 0. The summed E-state index contributed by atoms with van der Waals surface area (Å²) >= 11 is 0. The summed E-state index contributed by atoms with van der Waals surface area (Å²) < 4.78 is 0. The summed E-state index contributed by atoms with van der Waals surface area (Å²) in [6.07, 6.45) is 3.22. The lowest BCUT2D eigenvalue weighted by Gasteiger charge is -2.39. The number of hydrogen-bond donors (Lipinski definition) is 2. The van der Waals surface area contributed by atoms with Crippen LogP contribution in [0.15, 0.2) is 30.3 Å². The molecule has 3 heteroatoms. The van der Waals surface area contributed by atoms with E-state index >= 15 is 0 Å². The first-order chi connectivity index (χ1) is 8.31. The number of aliphatic hydroxyl groups is 2. The fraction of sp³-hybridized carbons (Fsp3) is 0.571. The molecule has 0 saturated carbocycles. The Morgan fingerprint density at radius 2 is 2.00 bits per heavy atom. The fourth-order valence-electron chi connectivity index (χ4n) is 2.59. The quantitative estimate of drug-likeness (QED) is 0.836. The lowest BCUT2D eigenvalue weighted by Crippen LogP contribution is -2.44. The maximum Gasteiger partial charge on any atom is 0.0576 e. The smallest absolute Gasteiger partial charge is 0.0576 e. The molecule has 1 aromatic rings. The highest BCUT2D eigenvalue weighted by atomic mass is 16.3. The van der Waals surface area contributed by atoms with Crippen molar-refractivity contribution in [2.45, 2.75) is 37.8 Å². The van der Waals surface area contributed by atoms with Gasteiger partial charge >= 0.3 is 0 Å². The van der Waals surface area contributed by atoms with Crippen LogP contribution in [-0.2, 0) is 0 Å². The van der Waals surface area contributed by atoms with Crippen LogP contribution >= 0.6 is 0 Å². The molecule has 2 rings (SSSR count). The Hall–Kier alpha value is -1.06. The van der Waals surface area contributed by atoms with Crippen molar-refractivity contribution in [3.63, 3.8) is 0 Å². The topological polar surface area (TPSA) is 43.7 Å². The first kappa shape index (κ1) is 12.4. The van der Waals surface area contributed by atoms with Gasteiger partial charge in [-0.05, 0) is 37.8 Å². The van der Waals surface area contributed by atoms with E-state index in [9.17, 15) is 5.11 Å². The average Bonchev–Trinajstić information content (AvgIpc) is 2.37. The van der Waals surface area contributed by atoms with E-state index in [0.717, 1.165) is 32.2 Å². The lowest BCUT2D eigenvalue weighted by atomic mass is 9.95. The lowest BCUT2D eigenvalue weighted by molar-refractivity contribution is 0.124. The number of rotatable bonds is 4. The van der Waals surface area contributed by atoms with Crippen molar-refractivity contribution in [3.8, 4) is 0 Å². The predicted molar refractivity (Wildman–Crippen MR) is 69.1 cm³/mol. The number of anilines is 1. The van der Waals surface area contributed by atoms with Gasteiger partial charge in [0.1, 0.15) is 0 Å². The second-order valence-electron chi connectivity index (χ2n) is 4.73. The van der Waals surface area contributed by atoms with E-state index in [1.165, 1.54) is 5.69 Å². The number of benzene rings is 1. The Kier molecular flexibility index (Phi) is 4.40. The SMILES string of the molecule is OCCCC1CC(O)CCN1c1ccccc1. The number of nitrogens with zero attached hydrogens (tertiary/aromatic N) is 1. The Morgan fingerprint density at radius 1 is 1.24 bits per heavy atom. The zero-order valence-electron chi connectivity index (χ0n) is 10.1. The Bertz CT molecular complexity index is 328. The van der Waals surface area contributed by atoms with Gasteiger partial charge in [-0.2, -0.15) is 0 Å². The Morgan fingerprint density at radius 3 is 2.71 bits per heavy atom. The third-order valence-corrected chi connectivity index (χ3v) is 3.47. The van der Waals surface area contributed by atoms with Crippen LogP contribution in [0.2, 0.25) is 0 Å². The van der Waals surface area contributed by atoms with E-state index in [4.69, 9.17) is 5.11 Å². The maximum absolute atomic E-state index is 9.75. The van der Waals surface area contributed by atoms with Crippen molar-refractivity contribution in [1.29, 1.82) is 0 Å². The molecule has 0 aromatic heterocycles. The van der Waals surface area contributed by atoms with Crippen molar-refractivity contribution < 1.29 is 10.2 Å². The van der Waals surface area contributed by atoms with E-state index < -0.39 is 0 Å². The number of para-hydroxylation sites is 1. The van der Waals surface area contributed by atoms with Gasteiger partial charge in [-0.3, -0.25) is 0 Å². The summed E-state index contributed by atoms with van der Waals surface area (Å²) in [5, 5.41) is 18.7. The van der Waals surface area contributed by atoms with Crippen LogP contribution in [0.4, 0.5) is 5.69 Å². The fourth-order valence-corrected chi connectivity index (χ4v) is 2.59. The van der Waals surface area contributed by atoms with Crippen LogP contribution in [0.3, 0.4) is 0 Å². The highest BCUT2D eigenvalue weighted by Gasteiger charge is 2.26. The Balaban J connectivity index is 2.07. The van der Waals surface area contributed by atoms with Crippen LogP contribution in [0, 0.1) is 0 Å². The van der Waals surface area contributed by atoms with Gasteiger partial charge in [0.15, 0.2) is 0 Å². The largest absolute Gasteiger partial charge is 0.396 e. The normalized spacial score (nSPS) is 24.9. The molecule has 1 aromatic carbocycles. The predicted octanol–water partition coefficient (Wildman–Crippen LogP) is 1.79. The van der Waals surface area contributed by atoms with E-state index in [1.54, 1.807) is 0 Å². The molecule has 94 valence electrons. The molecule has 2 unspecified atom stereocenters. The molecule has 0 bridgehead atoms. The molecule has 1 heterocycles. The molecule has 17 heavy (non-hydrogen) atoms. The van der Waals surface area contributed by atoms with Crippen LogP contribution in [0.1, 0.15) is 25.7 Å². The summed E-state index contributed by atoms with van der Waals surface area (Å²) in [5.41, 5.74) is 1.22. The summed E-state index contributed by atoms with van der Waals surface area (Å²) in [6, 6.07) is 10.7. The highest BCUT2D eigenvalue weighted by Crippen LogP contribution is 2.27. The van der Waals surface area contributed by atoms with Crippen LogP contribution in [-0.4, -0.2) is 35.5 Å². The van der Waals surface area contributed by atoms with Gasteiger partial charge in [-0.25, -0.2) is 0 Å². The third-order valence-electron chi connectivity index (χ3n) is 3.47. The monoisotopic (exact) mass is 235 g/mol. The number of piperidine rings is 1. The Labute approximate surface area is 103 Å². The molecular formula is C14H21NO2. The van der Waals surface area contributed by atoms with Gasteiger partial charge < -0.3 is 15.1 Å². The van der Waals surface area contributed by atoms with Gasteiger partial charge in [0.05, 0.1) is 6.10 Å². The van der Waals surface area contributed by atoms with Gasteiger partial charge in [0.25, 0.3) is 0 Å². The van der Waals surface area contributed by atoms with Crippen molar-refractivity contribution in [3.05, 3.63) is 30.3 Å². The molecule has 1 aliphatic rings. The zero-order valence-corrected chi connectivity index (χ0v) is 10.1. The standard InChI is InChI=1S/C14H21NO2/c16-10-4-7-13-11-14(17)8-9-15(13)12-5-2-1-3-6-12/h1-3,5-6,13-14,16-17H,4,7-11H2. The molecule has 0 spiro atoms. The van der Waals surface area contributed by atoms with Crippen molar-refractivity contribution in [1.82, 2.24) is 0 Å². The zero-order chi connectivity index (χ0) is 12.1. The van der Waals surface area contributed by atoms with Gasteiger partial charge in [-0.1, -0.05) is 18.2 Å². The second-order valence-corrected chi connectivity index (χ2v) is 4.73. The number of aliphatic hydroxyl groups excluding tert-OH is 2. The second kappa shape index (κ2) is 6.03. The van der Waals surface area contributed by atoms with Crippen molar-refractivity contribution in [2.75, 3.05) is 18.1 Å². The van der Waals surface area contributed by atoms with E-state index in [1.807, 2.05) is 18.2 Å². The average molecular weight is 235 g/mol. The van der Waals surface area contributed by atoms with Crippen molar-refractivity contribution in [2.24, 2.45) is 0 Å². The minimum atomic E-state index is -0.182. The van der Waals surface area contributed by atoms with Crippen molar-refractivity contribution >= 4 is 5.69 Å². The highest BCUT2D eigenvalue weighted by molar-refractivity contribution is 5.47. The molecule has 3 nitrogen and oxygen atoms in total. The summed E-state index contributed by atoms with van der Waals surface area (Å²) in [5.74, 6) is 0. The van der Waals surface area contributed by atoms with Crippen LogP contribution in [0.5, 0.6) is 0 Å². The molecule has 2 N–H and O–H groups in total. The molecular weight excluding hydrogens is 214 g/mol. The summed E-state index contributed by atoms with van der Waals surface area (Å²) in [6.45, 7) is 1.14. The molecule has 0 amide bonds. The van der Waals surface area contributed by atoms with Crippen LogP contribution in [0.25, 0.3) is 0 Å². The molecule has 2 atom stereocenters. The van der Waals surface area contributed by atoms with Gasteiger partial charge in [0, 0.05) is 24.9 Å². The minimum Gasteiger partial charge on any atom is -0.396 e. The summed E-state index contributed by atoms with van der Waals surface area (Å²) in [4.78, 5) is 2.36. The maximum atomic E-state index is 9.75. The molecule has 0 aliphatic carbocycles. The molecule has 1 aliphatic heterocycles. The van der Waals surface area contributed by atoms with Crippen LogP contribution < -0.4 is 4.90 Å². The van der Waals surface area contributed by atoms with E-state index in [0.29, 0.717) is 6.04 Å². The first-order valence-corrected chi connectivity index (χ1v) is 6.42. The minimum absolute atomic E-state index is 0.182. The van der Waals surface area contributed by atoms with Gasteiger partial charge in [-0.15, -0.1) is 0 Å².